The van der Waals surface area contributed by atoms with E-state index < -0.39 is 5.60 Å². The van der Waals surface area contributed by atoms with Crippen molar-refractivity contribution in [2.24, 2.45) is 0 Å². The van der Waals surface area contributed by atoms with Gasteiger partial charge in [0.25, 0.3) is 5.91 Å². The summed E-state index contributed by atoms with van der Waals surface area (Å²) < 4.78 is 5.96. The van der Waals surface area contributed by atoms with Crippen LogP contribution in [0, 0.1) is 0 Å². The number of fused-ring (bicyclic) bond motifs is 1. The zero-order valence-electron chi connectivity index (χ0n) is 20.5. The number of nitrogens with zero attached hydrogens (tertiary/aromatic N) is 6. The van der Waals surface area contributed by atoms with Gasteiger partial charge in [-0.1, -0.05) is 25.8 Å². The van der Waals surface area contributed by atoms with E-state index in [-0.39, 0.29) is 11.9 Å². The Kier molecular flexibility index (Phi) is 6.40. The second kappa shape index (κ2) is 9.46. The third kappa shape index (κ3) is 4.72. The van der Waals surface area contributed by atoms with E-state index in [9.17, 15) is 4.79 Å². The third-order valence-corrected chi connectivity index (χ3v) is 7.14. The van der Waals surface area contributed by atoms with Gasteiger partial charge in [0, 0.05) is 45.0 Å². The van der Waals surface area contributed by atoms with Gasteiger partial charge in [-0.2, -0.15) is 4.98 Å². The van der Waals surface area contributed by atoms with Gasteiger partial charge in [-0.25, -0.2) is 9.97 Å². The summed E-state index contributed by atoms with van der Waals surface area (Å²) in [5.74, 6) is 2.15. The van der Waals surface area contributed by atoms with Gasteiger partial charge in [0.2, 0.25) is 5.95 Å². The molecule has 34 heavy (non-hydrogen) atoms. The summed E-state index contributed by atoms with van der Waals surface area (Å²) in [7, 11) is 0. The van der Waals surface area contributed by atoms with Crippen LogP contribution in [0.2, 0.25) is 0 Å². The van der Waals surface area contributed by atoms with Crippen LogP contribution in [-0.2, 0) is 11.3 Å². The van der Waals surface area contributed by atoms with Crippen LogP contribution in [0.1, 0.15) is 52.0 Å². The number of pyridine rings is 1. The lowest BCUT2D eigenvalue weighted by Gasteiger charge is -2.40. The largest absolute Gasteiger partial charge is 0.472 e. The topological polar surface area (TPSA) is 86.7 Å². The summed E-state index contributed by atoms with van der Waals surface area (Å²) in [5, 5.41) is 3.20. The summed E-state index contributed by atoms with van der Waals surface area (Å²) in [4.78, 5) is 33.7. The lowest BCUT2D eigenvalue weighted by molar-refractivity contribution is -0.133. The van der Waals surface area contributed by atoms with Gasteiger partial charge < -0.3 is 15.0 Å². The van der Waals surface area contributed by atoms with Gasteiger partial charge in [-0.05, 0) is 44.9 Å². The second-order valence-corrected chi connectivity index (χ2v) is 9.99. The van der Waals surface area contributed by atoms with Crippen LogP contribution in [0.15, 0.2) is 24.5 Å². The van der Waals surface area contributed by atoms with E-state index in [0.717, 1.165) is 65.0 Å². The van der Waals surface area contributed by atoms with Crippen molar-refractivity contribution < 1.29 is 9.53 Å². The second-order valence-electron chi connectivity index (χ2n) is 9.99. The van der Waals surface area contributed by atoms with E-state index >= 15 is 0 Å². The molecule has 3 aliphatic rings. The Morgan fingerprint density at radius 1 is 1.06 bits per heavy atom. The maximum Gasteiger partial charge on any atom is 0.272 e. The number of amides is 1. The van der Waals surface area contributed by atoms with Gasteiger partial charge in [0.05, 0.1) is 6.20 Å². The average molecular weight is 466 g/mol. The quantitative estimate of drug-likeness (QED) is 0.696. The predicted octanol–water partition coefficient (Wildman–Crippen LogP) is 3.20. The number of carbonyl (C=O) groups is 1. The molecule has 4 heterocycles. The van der Waals surface area contributed by atoms with E-state index in [1.54, 1.807) is 6.20 Å². The van der Waals surface area contributed by atoms with E-state index in [0.29, 0.717) is 23.3 Å². The Bertz CT molecular complexity index is 1010. The number of aromatic nitrogens is 3. The summed E-state index contributed by atoms with van der Waals surface area (Å²) >= 11 is 0. The first-order chi connectivity index (χ1) is 16.4. The number of hydrogen-bond acceptors (Lipinski definition) is 8. The van der Waals surface area contributed by atoms with Gasteiger partial charge in [-0.3, -0.25) is 14.6 Å². The molecule has 2 aliphatic heterocycles. The number of carbonyl (C=O) groups excluding carboxylic acids is 1. The van der Waals surface area contributed by atoms with Crippen molar-refractivity contribution in [2.75, 3.05) is 42.9 Å². The zero-order chi connectivity index (χ0) is 23.7. The summed E-state index contributed by atoms with van der Waals surface area (Å²) in [6.07, 6.45) is 7.81. The number of nitrogens with one attached hydrogen (secondary N) is 1. The number of ether oxygens (including phenoxy) is 1. The molecular formula is C25H35N7O2. The van der Waals surface area contributed by atoms with E-state index in [4.69, 9.17) is 4.74 Å². The Morgan fingerprint density at radius 2 is 1.79 bits per heavy atom. The minimum absolute atomic E-state index is 0.0428. The first-order valence-corrected chi connectivity index (χ1v) is 12.5. The standard InChI is InChI=1S/C25H35N7O2/c1-4-30-11-13-31(14-12-30)17-18-9-10-21(26-15-18)28-24-27-16-20-22(29-24)32(19-7-5-6-8-19)23(33)25(2,3)34-20/h9-10,15-16,19H,4-8,11-14,17H2,1-3H3,(H,26,27,28,29). The third-order valence-electron chi connectivity index (χ3n) is 7.14. The van der Waals surface area contributed by atoms with Crippen molar-refractivity contribution in [2.45, 2.75) is 64.6 Å². The van der Waals surface area contributed by atoms with Crippen molar-refractivity contribution in [3.63, 3.8) is 0 Å². The average Bonchev–Trinajstić information content (AvgIpc) is 3.36. The van der Waals surface area contributed by atoms with Crippen molar-refractivity contribution >= 4 is 23.5 Å². The van der Waals surface area contributed by atoms with Crippen LogP contribution in [-0.4, -0.2) is 75.0 Å². The van der Waals surface area contributed by atoms with Crippen LogP contribution in [0.3, 0.4) is 0 Å². The molecule has 0 unspecified atom stereocenters. The molecule has 2 fully saturated rings. The zero-order valence-corrected chi connectivity index (χ0v) is 20.5. The van der Waals surface area contributed by atoms with Gasteiger partial charge >= 0.3 is 0 Å². The molecule has 2 aromatic rings. The SMILES string of the molecule is CCN1CCN(Cc2ccc(Nc3ncc4c(n3)N(C3CCCC3)C(=O)C(C)(C)O4)nc2)CC1. The molecule has 0 spiro atoms. The van der Waals surface area contributed by atoms with Crippen LogP contribution in [0.5, 0.6) is 5.75 Å². The highest BCUT2D eigenvalue weighted by atomic mass is 16.5. The fraction of sp³-hybridized carbons (Fsp3) is 0.600. The molecule has 0 aromatic carbocycles. The minimum Gasteiger partial charge on any atom is -0.472 e. The molecule has 1 amide bonds. The first-order valence-electron chi connectivity index (χ1n) is 12.5. The number of likely N-dealkylation sites (N-methyl/N-ethyl adjacent to an activating group) is 1. The highest BCUT2D eigenvalue weighted by molar-refractivity contribution is 6.02. The molecule has 1 N–H and O–H groups in total. The number of rotatable bonds is 6. The summed E-state index contributed by atoms with van der Waals surface area (Å²) in [6.45, 7) is 12.3. The summed E-state index contributed by atoms with van der Waals surface area (Å²) in [6, 6.07) is 4.22. The number of hydrogen-bond donors (Lipinski definition) is 1. The number of anilines is 3. The molecule has 0 atom stereocenters. The molecule has 1 aliphatic carbocycles. The molecule has 1 saturated carbocycles. The number of piperazine rings is 1. The molecule has 2 aromatic heterocycles. The monoisotopic (exact) mass is 465 g/mol. The van der Waals surface area contributed by atoms with E-state index in [2.05, 4.69) is 43.1 Å². The van der Waals surface area contributed by atoms with Gasteiger partial charge in [0.1, 0.15) is 5.82 Å². The predicted molar refractivity (Wildman–Crippen MR) is 131 cm³/mol. The smallest absolute Gasteiger partial charge is 0.272 e. The van der Waals surface area contributed by atoms with Crippen LogP contribution < -0.4 is 15.0 Å². The van der Waals surface area contributed by atoms with Crippen LogP contribution in [0.25, 0.3) is 0 Å². The molecule has 1 saturated heterocycles. The maximum absolute atomic E-state index is 13.2. The molecule has 0 bridgehead atoms. The molecule has 0 radical (unpaired) electrons. The Hall–Kier alpha value is -2.78. The normalized spacial score (nSPS) is 21.4. The van der Waals surface area contributed by atoms with E-state index in [1.165, 1.54) is 5.56 Å². The van der Waals surface area contributed by atoms with Crippen molar-refractivity contribution in [3.8, 4) is 5.75 Å². The lowest BCUT2D eigenvalue weighted by atomic mass is 10.0. The molecule has 5 rings (SSSR count). The highest BCUT2D eigenvalue weighted by Gasteiger charge is 2.45. The molecule has 9 nitrogen and oxygen atoms in total. The highest BCUT2D eigenvalue weighted by Crippen LogP contribution is 2.40. The Balaban J connectivity index is 1.29. The lowest BCUT2D eigenvalue weighted by Crippen LogP contribution is -2.55. The molecule has 9 heteroatoms. The molecular weight excluding hydrogens is 430 g/mol. The van der Waals surface area contributed by atoms with Gasteiger partial charge in [-0.15, -0.1) is 0 Å². The van der Waals surface area contributed by atoms with Crippen LogP contribution in [0.4, 0.5) is 17.6 Å². The van der Waals surface area contributed by atoms with Gasteiger partial charge in [0.15, 0.2) is 17.2 Å². The van der Waals surface area contributed by atoms with Crippen LogP contribution >= 0.6 is 0 Å². The van der Waals surface area contributed by atoms with E-state index in [1.807, 2.05) is 31.0 Å². The first kappa shape index (κ1) is 23.0. The van der Waals surface area contributed by atoms with Crippen molar-refractivity contribution in [1.29, 1.82) is 0 Å². The molecule has 182 valence electrons. The Labute approximate surface area is 201 Å². The van der Waals surface area contributed by atoms with Crippen molar-refractivity contribution in [1.82, 2.24) is 24.8 Å². The van der Waals surface area contributed by atoms with Crippen molar-refractivity contribution in [3.05, 3.63) is 30.1 Å². The minimum atomic E-state index is -0.922. The Morgan fingerprint density at radius 3 is 2.47 bits per heavy atom. The summed E-state index contributed by atoms with van der Waals surface area (Å²) in [5.41, 5.74) is 0.268. The fourth-order valence-corrected chi connectivity index (χ4v) is 5.10. The maximum atomic E-state index is 13.2. The fourth-order valence-electron chi connectivity index (χ4n) is 5.10.